The first-order valence-electron chi connectivity index (χ1n) is 6.86. The fourth-order valence-electron chi connectivity index (χ4n) is 2.15. The Morgan fingerprint density at radius 1 is 1.58 bits per heavy atom. The highest BCUT2D eigenvalue weighted by Crippen LogP contribution is 2.30. The van der Waals surface area contributed by atoms with Crippen LogP contribution in [-0.4, -0.2) is 34.4 Å². The van der Waals surface area contributed by atoms with Crippen molar-refractivity contribution in [1.29, 1.82) is 0 Å². The van der Waals surface area contributed by atoms with Gasteiger partial charge in [0.1, 0.15) is 10.7 Å². The molecular formula is C13H22N4OS. The largest absolute Gasteiger partial charge is 0.382 e. The summed E-state index contributed by atoms with van der Waals surface area (Å²) in [6, 6.07) is 0.669. The molecule has 1 aliphatic rings. The summed E-state index contributed by atoms with van der Waals surface area (Å²) in [6.07, 6.45) is 3.62. The number of rotatable bonds is 5. The maximum absolute atomic E-state index is 12.4. The Balaban J connectivity index is 2.12. The molecule has 1 aromatic rings. The van der Waals surface area contributed by atoms with Crippen LogP contribution < -0.4 is 11.1 Å². The molecule has 0 spiro atoms. The lowest BCUT2D eigenvalue weighted by Crippen LogP contribution is -2.36. The SMILES string of the molecule is CCN(C(=O)c1sc(NC2CCC2)nc1N)C(C)C. The minimum absolute atomic E-state index is 0.0193. The van der Waals surface area contributed by atoms with Crippen molar-refractivity contribution in [3.05, 3.63) is 4.88 Å². The number of hydrogen-bond donors (Lipinski definition) is 2. The molecule has 1 amide bonds. The maximum atomic E-state index is 12.4. The smallest absolute Gasteiger partial charge is 0.268 e. The number of amides is 1. The van der Waals surface area contributed by atoms with Crippen LogP contribution in [0.4, 0.5) is 10.9 Å². The second-order valence-corrected chi connectivity index (χ2v) is 6.19. The third kappa shape index (κ3) is 3.00. The Labute approximate surface area is 118 Å². The Kier molecular flexibility index (Phi) is 4.29. The van der Waals surface area contributed by atoms with Crippen molar-refractivity contribution in [2.75, 3.05) is 17.6 Å². The molecule has 0 aliphatic heterocycles. The lowest BCUT2D eigenvalue weighted by Gasteiger charge is -2.26. The number of nitrogen functional groups attached to an aromatic ring is 1. The van der Waals surface area contributed by atoms with Gasteiger partial charge in [-0.25, -0.2) is 4.98 Å². The first-order chi connectivity index (χ1) is 9.02. The van der Waals surface area contributed by atoms with Gasteiger partial charge in [0, 0.05) is 18.6 Å². The summed E-state index contributed by atoms with van der Waals surface area (Å²) < 4.78 is 0. The third-order valence-corrected chi connectivity index (χ3v) is 4.50. The molecule has 0 bridgehead atoms. The van der Waals surface area contributed by atoms with Crippen LogP contribution in [0.1, 0.15) is 49.7 Å². The monoisotopic (exact) mass is 282 g/mol. The number of anilines is 2. The molecule has 0 atom stereocenters. The molecular weight excluding hydrogens is 260 g/mol. The first-order valence-corrected chi connectivity index (χ1v) is 7.68. The van der Waals surface area contributed by atoms with Crippen molar-refractivity contribution in [3.63, 3.8) is 0 Å². The summed E-state index contributed by atoms with van der Waals surface area (Å²) in [6.45, 7) is 6.67. The number of hydrogen-bond acceptors (Lipinski definition) is 5. The molecule has 0 saturated heterocycles. The van der Waals surface area contributed by atoms with Crippen LogP contribution in [-0.2, 0) is 0 Å². The zero-order chi connectivity index (χ0) is 14.0. The number of carbonyl (C=O) groups excluding carboxylic acids is 1. The second kappa shape index (κ2) is 5.77. The molecule has 1 heterocycles. The zero-order valence-electron chi connectivity index (χ0n) is 11.8. The quantitative estimate of drug-likeness (QED) is 0.870. The van der Waals surface area contributed by atoms with Gasteiger partial charge in [-0.15, -0.1) is 0 Å². The molecule has 19 heavy (non-hydrogen) atoms. The van der Waals surface area contributed by atoms with E-state index in [4.69, 9.17) is 5.73 Å². The van der Waals surface area contributed by atoms with Crippen molar-refractivity contribution in [3.8, 4) is 0 Å². The maximum Gasteiger partial charge on any atom is 0.268 e. The van der Waals surface area contributed by atoms with E-state index in [9.17, 15) is 4.79 Å². The molecule has 6 heteroatoms. The minimum atomic E-state index is -0.0193. The van der Waals surface area contributed by atoms with E-state index >= 15 is 0 Å². The average Bonchev–Trinajstić information content (AvgIpc) is 2.65. The van der Waals surface area contributed by atoms with Gasteiger partial charge in [-0.2, -0.15) is 0 Å². The highest BCUT2D eigenvalue weighted by molar-refractivity contribution is 7.18. The molecule has 1 aliphatic carbocycles. The summed E-state index contributed by atoms with van der Waals surface area (Å²) in [4.78, 5) is 19.0. The molecule has 1 aromatic heterocycles. The van der Waals surface area contributed by atoms with Gasteiger partial charge >= 0.3 is 0 Å². The van der Waals surface area contributed by atoms with Gasteiger partial charge in [0.2, 0.25) is 0 Å². The summed E-state index contributed by atoms with van der Waals surface area (Å²) in [5, 5.41) is 4.11. The van der Waals surface area contributed by atoms with Gasteiger partial charge in [-0.05, 0) is 40.0 Å². The molecule has 5 nitrogen and oxygen atoms in total. The standard InChI is InChI=1S/C13H22N4OS/c1-4-17(8(2)3)12(18)10-11(14)16-13(19-10)15-9-6-5-7-9/h8-9H,4-7,14H2,1-3H3,(H,15,16). The average molecular weight is 282 g/mol. The van der Waals surface area contributed by atoms with Crippen molar-refractivity contribution < 1.29 is 4.79 Å². The number of nitrogens with one attached hydrogen (secondary N) is 1. The van der Waals surface area contributed by atoms with Crippen LogP contribution in [0.2, 0.25) is 0 Å². The molecule has 2 rings (SSSR count). The van der Waals surface area contributed by atoms with Gasteiger partial charge in [-0.1, -0.05) is 11.3 Å². The van der Waals surface area contributed by atoms with Crippen LogP contribution in [0.25, 0.3) is 0 Å². The lowest BCUT2D eigenvalue weighted by atomic mass is 9.93. The van der Waals surface area contributed by atoms with Crippen molar-refractivity contribution >= 4 is 28.2 Å². The normalized spacial score (nSPS) is 15.4. The van der Waals surface area contributed by atoms with Gasteiger partial charge < -0.3 is 16.0 Å². The third-order valence-electron chi connectivity index (χ3n) is 3.51. The van der Waals surface area contributed by atoms with Crippen LogP contribution in [0.5, 0.6) is 0 Å². The van der Waals surface area contributed by atoms with Crippen LogP contribution in [0.15, 0.2) is 0 Å². The van der Waals surface area contributed by atoms with E-state index in [0.717, 1.165) is 5.13 Å². The Bertz CT molecular complexity index is 453. The number of aromatic nitrogens is 1. The minimum Gasteiger partial charge on any atom is -0.382 e. The Morgan fingerprint density at radius 2 is 2.26 bits per heavy atom. The molecule has 3 N–H and O–H groups in total. The van der Waals surface area contributed by atoms with E-state index in [-0.39, 0.29) is 11.9 Å². The van der Waals surface area contributed by atoms with E-state index in [2.05, 4.69) is 10.3 Å². The van der Waals surface area contributed by atoms with Crippen LogP contribution >= 0.6 is 11.3 Å². The van der Waals surface area contributed by atoms with E-state index < -0.39 is 0 Å². The molecule has 106 valence electrons. The van der Waals surface area contributed by atoms with Crippen LogP contribution in [0, 0.1) is 0 Å². The number of carbonyl (C=O) groups is 1. The Hall–Kier alpha value is -1.30. The lowest BCUT2D eigenvalue weighted by molar-refractivity contribution is 0.0722. The second-order valence-electron chi connectivity index (χ2n) is 5.19. The number of nitrogens with zero attached hydrogens (tertiary/aromatic N) is 2. The van der Waals surface area contributed by atoms with Gasteiger partial charge in [0.15, 0.2) is 5.13 Å². The molecule has 0 radical (unpaired) electrons. The Morgan fingerprint density at radius 3 is 2.74 bits per heavy atom. The fourth-order valence-corrected chi connectivity index (χ4v) is 3.07. The summed E-state index contributed by atoms with van der Waals surface area (Å²) in [7, 11) is 0. The van der Waals surface area contributed by atoms with Crippen molar-refractivity contribution in [1.82, 2.24) is 9.88 Å². The first kappa shape index (κ1) is 14.1. The van der Waals surface area contributed by atoms with E-state index in [1.807, 2.05) is 20.8 Å². The van der Waals surface area contributed by atoms with E-state index in [1.165, 1.54) is 30.6 Å². The van der Waals surface area contributed by atoms with E-state index in [1.54, 1.807) is 4.90 Å². The summed E-state index contributed by atoms with van der Waals surface area (Å²) in [5.41, 5.74) is 5.88. The molecule has 0 unspecified atom stereocenters. The number of nitrogens with two attached hydrogens (primary N) is 1. The van der Waals surface area contributed by atoms with Gasteiger partial charge in [0.05, 0.1) is 0 Å². The topological polar surface area (TPSA) is 71.2 Å². The predicted molar refractivity (Wildman–Crippen MR) is 79.6 cm³/mol. The van der Waals surface area contributed by atoms with Gasteiger partial charge in [-0.3, -0.25) is 4.79 Å². The highest BCUT2D eigenvalue weighted by atomic mass is 32.1. The summed E-state index contributed by atoms with van der Waals surface area (Å²) in [5.74, 6) is 0.324. The summed E-state index contributed by atoms with van der Waals surface area (Å²) >= 11 is 1.37. The van der Waals surface area contributed by atoms with Gasteiger partial charge in [0.25, 0.3) is 5.91 Å². The molecule has 0 aromatic carbocycles. The van der Waals surface area contributed by atoms with Crippen molar-refractivity contribution in [2.45, 2.75) is 52.1 Å². The predicted octanol–water partition coefficient (Wildman–Crippen LogP) is 2.56. The van der Waals surface area contributed by atoms with Crippen molar-refractivity contribution in [2.24, 2.45) is 0 Å². The molecule has 1 fully saturated rings. The number of thiazole rings is 1. The highest BCUT2D eigenvalue weighted by Gasteiger charge is 2.24. The fraction of sp³-hybridized carbons (Fsp3) is 0.692. The zero-order valence-corrected chi connectivity index (χ0v) is 12.6. The van der Waals surface area contributed by atoms with E-state index in [0.29, 0.717) is 23.3 Å². The van der Waals surface area contributed by atoms with Crippen LogP contribution in [0.3, 0.4) is 0 Å². The molecule has 1 saturated carbocycles.